The van der Waals surface area contributed by atoms with Crippen molar-refractivity contribution in [3.8, 4) is 0 Å². The molecule has 108 valence electrons. The third-order valence-corrected chi connectivity index (χ3v) is 4.44. The Balaban J connectivity index is 2.20. The standard InChI is InChI=1S/C17H29NS/c1-5-6-7-8-18-12-16(4)19-13-17-10-14(2)9-15(3)11-17/h9-11,16,18H,5-8,12-13H2,1-4H3. The fourth-order valence-corrected chi connectivity index (χ4v) is 3.13. The molecule has 0 heterocycles. The van der Waals surface area contributed by atoms with Gasteiger partial charge < -0.3 is 5.32 Å². The molecule has 0 aliphatic heterocycles. The Labute approximate surface area is 123 Å². The van der Waals surface area contributed by atoms with Crippen molar-refractivity contribution in [2.45, 2.75) is 58.0 Å². The molecule has 0 radical (unpaired) electrons. The quantitative estimate of drug-likeness (QED) is 0.657. The van der Waals surface area contributed by atoms with E-state index < -0.39 is 0 Å². The Bertz CT molecular complexity index is 342. The third kappa shape index (κ3) is 7.64. The van der Waals surface area contributed by atoms with E-state index in [0.717, 1.165) is 12.3 Å². The molecular formula is C17H29NS. The topological polar surface area (TPSA) is 12.0 Å². The molecule has 0 aliphatic carbocycles. The first-order chi connectivity index (χ1) is 9.11. The van der Waals surface area contributed by atoms with Gasteiger partial charge in [-0.05, 0) is 32.4 Å². The lowest BCUT2D eigenvalue weighted by Crippen LogP contribution is -2.23. The normalized spacial score (nSPS) is 12.6. The average molecular weight is 279 g/mol. The summed E-state index contributed by atoms with van der Waals surface area (Å²) in [5, 5.41) is 4.24. The minimum Gasteiger partial charge on any atom is -0.316 e. The summed E-state index contributed by atoms with van der Waals surface area (Å²) in [7, 11) is 0. The molecule has 2 heteroatoms. The van der Waals surface area contributed by atoms with E-state index in [1.807, 2.05) is 11.8 Å². The minimum absolute atomic E-state index is 0.683. The second-order valence-corrected chi connectivity index (χ2v) is 6.96. The van der Waals surface area contributed by atoms with Gasteiger partial charge in [0.25, 0.3) is 0 Å². The third-order valence-electron chi connectivity index (χ3n) is 3.20. The number of aryl methyl sites for hydroxylation is 2. The van der Waals surface area contributed by atoms with Gasteiger partial charge in [-0.1, -0.05) is 56.0 Å². The average Bonchev–Trinajstić information content (AvgIpc) is 2.35. The number of hydrogen-bond donors (Lipinski definition) is 1. The Morgan fingerprint density at radius 2 is 1.79 bits per heavy atom. The van der Waals surface area contributed by atoms with E-state index in [4.69, 9.17) is 0 Å². The number of hydrogen-bond acceptors (Lipinski definition) is 2. The molecule has 0 bridgehead atoms. The van der Waals surface area contributed by atoms with Crippen LogP contribution in [0, 0.1) is 13.8 Å². The van der Waals surface area contributed by atoms with Crippen LogP contribution in [0.15, 0.2) is 18.2 Å². The molecule has 0 saturated heterocycles. The van der Waals surface area contributed by atoms with Gasteiger partial charge in [-0.25, -0.2) is 0 Å². The van der Waals surface area contributed by atoms with E-state index in [2.05, 4.69) is 51.2 Å². The van der Waals surface area contributed by atoms with Gasteiger partial charge in [0.2, 0.25) is 0 Å². The molecular weight excluding hydrogens is 250 g/mol. The Kier molecular flexibility index (Phi) is 8.24. The van der Waals surface area contributed by atoms with Crippen LogP contribution in [-0.2, 0) is 5.75 Å². The van der Waals surface area contributed by atoms with Crippen LogP contribution in [0.4, 0.5) is 0 Å². The molecule has 19 heavy (non-hydrogen) atoms. The molecule has 1 atom stereocenters. The first-order valence-corrected chi connectivity index (χ1v) is 8.56. The molecule has 1 nitrogen and oxygen atoms in total. The van der Waals surface area contributed by atoms with E-state index in [9.17, 15) is 0 Å². The summed E-state index contributed by atoms with van der Waals surface area (Å²) in [4.78, 5) is 0. The van der Waals surface area contributed by atoms with Gasteiger partial charge in [-0.2, -0.15) is 11.8 Å². The number of nitrogens with one attached hydrogen (secondary N) is 1. The highest BCUT2D eigenvalue weighted by molar-refractivity contribution is 7.99. The second-order valence-electron chi connectivity index (χ2n) is 5.53. The summed E-state index contributed by atoms with van der Waals surface area (Å²) in [6, 6.07) is 6.86. The zero-order chi connectivity index (χ0) is 14.1. The maximum absolute atomic E-state index is 3.56. The highest BCUT2D eigenvalue weighted by Crippen LogP contribution is 2.19. The van der Waals surface area contributed by atoms with Crippen molar-refractivity contribution in [2.75, 3.05) is 13.1 Å². The zero-order valence-electron chi connectivity index (χ0n) is 13.0. The molecule has 1 aromatic carbocycles. The number of unbranched alkanes of at least 4 members (excludes halogenated alkanes) is 2. The molecule has 0 aromatic heterocycles. The Morgan fingerprint density at radius 1 is 1.11 bits per heavy atom. The first kappa shape index (κ1) is 16.6. The SMILES string of the molecule is CCCCCNCC(C)SCc1cc(C)cc(C)c1. The first-order valence-electron chi connectivity index (χ1n) is 7.51. The molecule has 1 rings (SSSR count). The lowest BCUT2D eigenvalue weighted by atomic mass is 10.1. The fraction of sp³-hybridized carbons (Fsp3) is 0.647. The molecule has 1 unspecified atom stereocenters. The lowest BCUT2D eigenvalue weighted by molar-refractivity contribution is 0.615. The maximum Gasteiger partial charge on any atom is 0.0187 e. The molecule has 0 aliphatic rings. The highest BCUT2D eigenvalue weighted by Gasteiger charge is 2.03. The van der Waals surface area contributed by atoms with Crippen molar-refractivity contribution in [2.24, 2.45) is 0 Å². The Hall–Kier alpha value is -0.470. The summed E-state index contributed by atoms with van der Waals surface area (Å²) < 4.78 is 0. The maximum atomic E-state index is 3.56. The summed E-state index contributed by atoms with van der Waals surface area (Å²) in [6.45, 7) is 11.2. The predicted molar refractivity (Wildman–Crippen MR) is 89.1 cm³/mol. The summed E-state index contributed by atoms with van der Waals surface area (Å²) in [5.74, 6) is 1.13. The van der Waals surface area contributed by atoms with Crippen molar-refractivity contribution < 1.29 is 0 Å². The number of rotatable bonds is 9. The minimum atomic E-state index is 0.683. The van der Waals surface area contributed by atoms with Gasteiger partial charge in [0.05, 0.1) is 0 Å². The van der Waals surface area contributed by atoms with Crippen LogP contribution in [0.25, 0.3) is 0 Å². The monoisotopic (exact) mass is 279 g/mol. The van der Waals surface area contributed by atoms with Crippen molar-refractivity contribution >= 4 is 11.8 Å². The van der Waals surface area contributed by atoms with Crippen molar-refractivity contribution in [1.29, 1.82) is 0 Å². The van der Waals surface area contributed by atoms with Gasteiger partial charge in [0.1, 0.15) is 0 Å². The summed E-state index contributed by atoms with van der Waals surface area (Å²) in [6.07, 6.45) is 3.96. The predicted octanol–water partition coefficient (Wildman–Crippen LogP) is 4.70. The van der Waals surface area contributed by atoms with Gasteiger partial charge in [-0.15, -0.1) is 0 Å². The van der Waals surface area contributed by atoms with Crippen LogP contribution in [0.2, 0.25) is 0 Å². The molecule has 0 fully saturated rings. The van der Waals surface area contributed by atoms with Crippen LogP contribution in [-0.4, -0.2) is 18.3 Å². The van der Waals surface area contributed by atoms with Crippen LogP contribution < -0.4 is 5.32 Å². The molecule has 0 spiro atoms. The summed E-state index contributed by atoms with van der Waals surface area (Å²) >= 11 is 2.05. The second kappa shape index (κ2) is 9.44. The lowest BCUT2D eigenvalue weighted by Gasteiger charge is -2.13. The largest absolute Gasteiger partial charge is 0.316 e. The van der Waals surface area contributed by atoms with Crippen LogP contribution >= 0.6 is 11.8 Å². The number of thioether (sulfide) groups is 1. The van der Waals surface area contributed by atoms with Crippen LogP contribution in [0.5, 0.6) is 0 Å². The van der Waals surface area contributed by atoms with Crippen molar-refractivity contribution in [3.05, 3.63) is 34.9 Å². The Morgan fingerprint density at radius 3 is 2.42 bits per heavy atom. The van der Waals surface area contributed by atoms with E-state index >= 15 is 0 Å². The van der Waals surface area contributed by atoms with Gasteiger partial charge in [0.15, 0.2) is 0 Å². The molecule has 0 saturated carbocycles. The van der Waals surface area contributed by atoms with Crippen LogP contribution in [0.3, 0.4) is 0 Å². The molecule has 1 aromatic rings. The van der Waals surface area contributed by atoms with Crippen molar-refractivity contribution in [1.82, 2.24) is 5.32 Å². The fourth-order valence-electron chi connectivity index (χ4n) is 2.26. The molecule has 1 N–H and O–H groups in total. The van der Waals surface area contributed by atoms with E-state index in [1.54, 1.807) is 0 Å². The smallest absolute Gasteiger partial charge is 0.0187 e. The van der Waals surface area contributed by atoms with Crippen LogP contribution in [0.1, 0.15) is 49.8 Å². The summed E-state index contributed by atoms with van der Waals surface area (Å²) in [5.41, 5.74) is 4.21. The van der Waals surface area contributed by atoms with Gasteiger partial charge in [-0.3, -0.25) is 0 Å². The zero-order valence-corrected chi connectivity index (χ0v) is 13.8. The van der Waals surface area contributed by atoms with Gasteiger partial charge >= 0.3 is 0 Å². The molecule has 0 amide bonds. The van der Waals surface area contributed by atoms with E-state index in [0.29, 0.717) is 5.25 Å². The van der Waals surface area contributed by atoms with Crippen molar-refractivity contribution in [3.63, 3.8) is 0 Å². The number of benzene rings is 1. The highest BCUT2D eigenvalue weighted by atomic mass is 32.2. The van der Waals surface area contributed by atoms with E-state index in [-0.39, 0.29) is 0 Å². The van der Waals surface area contributed by atoms with Gasteiger partial charge in [0, 0.05) is 17.5 Å². The van der Waals surface area contributed by atoms with E-state index in [1.165, 1.54) is 42.5 Å².